The lowest BCUT2D eigenvalue weighted by atomic mass is 10.00. The highest BCUT2D eigenvalue weighted by atomic mass is 32.2. The SMILES string of the molecule is CC/C=C\C/C=C\C/C=C\CCCCCCCCCC(=O)OC(COC(=O)CCCCCCC/C=C\C/C=C\C/C=C\CC)COC1OC(CS(=O)(=O)O)C(O)C(O)C1O. The summed E-state index contributed by atoms with van der Waals surface area (Å²) in [4.78, 5) is 25.4. The molecule has 1 aliphatic heterocycles. The minimum absolute atomic E-state index is 0.145. The summed E-state index contributed by atoms with van der Waals surface area (Å²) < 4.78 is 54.0. The van der Waals surface area contributed by atoms with Gasteiger partial charge in [-0.25, -0.2) is 0 Å². The molecule has 1 heterocycles. The van der Waals surface area contributed by atoms with Crippen LogP contribution in [0.1, 0.15) is 155 Å². The summed E-state index contributed by atoms with van der Waals surface area (Å²) >= 11 is 0. The molecule has 1 saturated heterocycles. The van der Waals surface area contributed by atoms with E-state index in [1.165, 1.54) is 0 Å². The van der Waals surface area contributed by atoms with Crippen LogP contribution in [0.3, 0.4) is 0 Å². The van der Waals surface area contributed by atoms with E-state index in [9.17, 15) is 37.9 Å². The largest absolute Gasteiger partial charge is 0.462 e. The fraction of sp³-hybridized carbons (Fsp3) is 0.702. The molecule has 0 spiro atoms. The van der Waals surface area contributed by atoms with Crippen molar-refractivity contribution in [1.82, 2.24) is 0 Å². The van der Waals surface area contributed by atoms with Gasteiger partial charge in [0.2, 0.25) is 0 Å². The molecular weight excluding hydrogens is 789 g/mol. The number of esters is 2. The maximum Gasteiger partial charge on any atom is 0.306 e. The van der Waals surface area contributed by atoms with Gasteiger partial charge in [0.15, 0.2) is 12.4 Å². The second-order valence-electron chi connectivity index (χ2n) is 15.3. The molecule has 0 saturated carbocycles. The van der Waals surface area contributed by atoms with Gasteiger partial charge in [-0.1, -0.05) is 138 Å². The van der Waals surface area contributed by atoms with Crippen molar-refractivity contribution in [3.05, 3.63) is 72.9 Å². The number of rotatable bonds is 36. The average Bonchev–Trinajstić information content (AvgIpc) is 3.21. The summed E-state index contributed by atoms with van der Waals surface area (Å²) in [5.41, 5.74) is 0. The molecule has 1 fully saturated rings. The molecule has 0 radical (unpaired) electrons. The fourth-order valence-corrected chi connectivity index (χ4v) is 7.04. The Bertz CT molecular complexity index is 1390. The van der Waals surface area contributed by atoms with Crippen LogP contribution in [0.4, 0.5) is 0 Å². The van der Waals surface area contributed by atoms with E-state index in [1.807, 2.05) is 0 Å². The Kier molecular flexibility index (Phi) is 33.7. The number of carbonyl (C=O) groups excluding carboxylic acids is 2. The standard InChI is InChI=1S/C47H78O12S/c1-3-5-7-9-11-13-15-17-19-20-22-24-26-28-30-32-34-36-43(49)58-40(38-57-47-46(52)45(51)44(50)41(59-47)39-60(53,54)55)37-56-42(48)35-33-31-29-27-25-23-21-18-16-14-12-10-8-6-4-2/h5-8,11-14,17-19,21,40-41,44-47,50-52H,3-4,9-10,15-16,20,22-39H2,1-2H3,(H,53,54,55)/b7-5-,8-6-,13-11-,14-12-,19-17-,21-18-. The molecule has 0 bridgehead atoms. The van der Waals surface area contributed by atoms with Crippen molar-refractivity contribution in [1.29, 1.82) is 0 Å². The lowest BCUT2D eigenvalue weighted by Gasteiger charge is -2.40. The van der Waals surface area contributed by atoms with Crippen LogP contribution < -0.4 is 0 Å². The van der Waals surface area contributed by atoms with Crippen LogP contribution in [0, 0.1) is 0 Å². The maximum atomic E-state index is 12.8. The third kappa shape index (κ3) is 31.0. The van der Waals surface area contributed by atoms with Crippen molar-refractivity contribution in [2.75, 3.05) is 19.0 Å². The van der Waals surface area contributed by atoms with Crippen molar-refractivity contribution < 1.29 is 56.8 Å². The lowest BCUT2D eigenvalue weighted by molar-refractivity contribution is -0.297. The number of hydrogen-bond acceptors (Lipinski definition) is 11. The first-order valence-corrected chi connectivity index (χ1v) is 24.1. The molecule has 6 unspecified atom stereocenters. The molecule has 0 aromatic carbocycles. The quantitative estimate of drug-likeness (QED) is 0.0203. The molecule has 1 rings (SSSR count). The second-order valence-corrected chi connectivity index (χ2v) is 16.8. The van der Waals surface area contributed by atoms with E-state index < -0.39 is 71.2 Å². The highest BCUT2D eigenvalue weighted by Crippen LogP contribution is 2.24. The van der Waals surface area contributed by atoms with Gasteiger partial charge in [-0.05, 0) is 77.0 Å². The van der Waals surface area contributed by atoms with Crippen molar-refractivity contribution in [2.24, 2.45) is 0 Å². The molecule has 0 aromatic rings. The van der Waals surface area contributed by atoms with E-state index in [4.69, 9.17) is 18.9 Å². The Labute approximate surface area is 361 Å². The van der Waals surface area contributed by atoms with Gasteiger partial charge in [-0.3, -0.25) is 14.1 Å². The van der Waals surface area contributed by atoms with E-state index in [-0.39, 0.29) is 19.4 Å². The highest BCUT2D eigenvalue weighted by Gasteiger charge is 2.46. The minimum Gasteiger partial charge on any atom is -0.462 e. The Hall–Kier alpha value is -2.91. The van der Waals surface area contributed by atoms with Gasteiger partial charge in [-0.15, -0.1) is 0 Å². The zero-order chi connectivity index (χ0) is 44.1. The Balaban J connectivity index is 2.47. The number of hydrogen-bond donors (Lipinski definition) is 4. The second kappa shape index (κ2) is 36.7. The van der Waals surface area contributed by atoms with E-state index in [1.54, 1.807) is 0 Å². The van der Waals surface area contributed by atoms with Crippen molar-refractivity contribution in [3.8, 4) is 0 Å². The lowest BCUT2D eigenvalue weighted by Crippen LogP contribution is -2.60. The first kappa shape index (κ1) is 55.1. The van der Waals surface area contributed by atoms with Crippen LogP contribution in [0.15, 0.2) is 72.9 Å². The molecule has 13 heteroatoms. The summed E-state index contributed by atoms with van der Waals surface area (Å²) in [6, 6.07) is 0. The molecule has 0 aliphatic carbocycles. The van der Waals surface area contributed by atoms with Crippen LogP contribution in [-0.2, 0) is 38.7 Å². The fourth-order valence-electron chi connectivity index (χ4n) is 6.35. The normalized spacial score (nSPS) is 20.8. The zero-order valence-corrected chi connectivity index (χ0v) is 37.3. The summed E-state index contributed by atoms with van der Waals surface area (Å²) in [5, 5.41) is 30.9. The van der Waals surface area contributed by atoms with Gasteiger partial charge in [0.25, 0.3) is 10.1 Å². The van der Waals surface area contributed by atoms with E-state index in [0.29, 0.717) is 12.8 Å². The minimum atomic E-state index is -4.61. The molecule has 12 nitrogen and oxygen atoms in total. The number of allylic oxidation sites excluding steroid dienone is 12. The Morgan fingerprint density at radius 2 is 1.00 bits per heavy atom. The van der Waals surface area contributed by atoms with Gasteiger partial charge in [0.05, 0.1) is 6.61 Å². The molecule has 344 valence electrons. The third-order valence-corrected chi connectivity index (χ3v) is 10.5. The average molecular weight is 867 g/mol. The van der Waals surface area contributed by atoms with Gasteiger partial charge in [0, 0.05) is 12.8 Å². The molecule has 0 amide bonds. The summed E-state index contributed by atoms with van der Waals surface area (Å²) in [6.45, 7) is 3.50. The molecule has 6 atom stereocenters. The van der Waals surface area contributed by atoms with Gasteiger partial charge >= 0.3 is 11.9 Å². The van der Waals surface area contributed by atoms with E-state index in [2.05, 4.69) is 86.8 Å². The van der Waals surface area contributed by atoms with Crippen molar-refractivity contribution in [3.63, 3.8) is 0 Å². The summed E-state index contributed by atoms with van der Waals surface area (Å²) in [5.74, 6) is -2.03. The Morgan fingerprint density at radius 3 is 1.48 bits per heavy atom. The molecular formula is C47H78O12S. The molecule has 60 heavy (non-hydrogen) atoms. The number of unbranched alkanes of at least 4 members (excludes halogenated alkanes) is 12. The van der Waals surface area contributed by atoms with Gasteiger partial charge in [0.1, 0.15) is 36.8 Å². The van der Waals surface area contributed by atoms with Gasteiger partial charge in [-0.2, -0.15) is 8.42 Å². The van der Waals surface area contributed by atoms with E-state index >= 15 is 0 Å². The van der Waals surface area contributed by atoms with Crippen LogP contribution in [0.25, 0.3) is 0 Å². The number of carbonyl (C=O) groups is 2. The van der Waals surface area contributed by atoms with Crippen molar-refractivity contribution >= 4 is 22.1 Å². The van der Waals surface area contributed by atoms with Gasteiger partial charge < -0.3 is 34.3 Å². The van der Waals surface area contributed by atoms with Crippen LogP contribution in [-0.4, -0.2) is 96.0 Å². The number of aliphatic hydroxyl groups excluding tert-OH is 3. The first-order chi connectivity index (χ1) is 29.0. The highest BCUT2D eigenvalue weighted by molar-refractivity contribution is 7.85. The van der Waals surface area contributed by atoms with E-state index in [0.717, 1.165) is 116 Å². The molecule has 4 N–H and O–H groups in total. The predicted molar refractivity (Wildman–Crippen MR) is 238 cm³/mol. The van der Waals surface area contributed by atoms with Crippen LogP contribution in [0.5, 0.6) is 0 Å². The predicted octanol–water partition coefficient (Wildman–Crippen LogP) is 9.11. The number of ether oxygens (including phenoxy) is 4. The first-order valence-electron chi connectivity index (χ1n) is 22.5. The summed E-state index contributed by atoms with van der Waals surface area (Å²) in [6.07, 6.45) is 36.6. The maximum absolute atomic E-state index is 12.8. The van der Waals surface area contributed by atoms with Crippen molar-refractivity contribution in [2.45, 2.75) is 192 Å². The third-order valence-electron chi connectivity index (χ3n) is 9.78. The number of aliphatic hydroxyl groups is 3. The summed E-state index contributed by atoms with van der Waals surface area (Å²) in [7, 11) is -4.61. The van der Waals surface area contributed by atoms with Crippen LogP contribution in [0.2, 0.25) is 0 Å². The topological polar surface area (TPSA) is 186 Å². The zero-order valence-electron chi connectivity index (χ0n) is 36.5. The molecule has 0 aromatic heterocycles. The Morgan fingerprint density at radius 1 is 0.567 bits per heavy atom. The van der Waals surface area contributed by atoms with Crippen LogP contribution >= 0.6 is 0 Å². The smallest absolute Gasteiger partial charge is 0.306 e. The monoisotopic (exact) mass is 867 g/mol. The molecule has 1 aliphatic rings.